The Kier molecular flexibility index (Phi) is 6.79. The third kappa shape index (κ3) is 5.44. The molecule has 3 aromatic rings. The zero-order valence-corrected chi connectivity index (χ0v) is 16.9. The molecule has 30 heavy (non-hydrogen) atoms. The maximum atomic E-state index is 12.1. The number of H-pyrrole nitrogens is 1. The highest BCUT2D eigenvalue weighted by atomic mass is 16.5. The quantitative estimate of drug-likeness (QED) is 0.434. The lowest BCUT2D eigenvalue weighted by Gasteiger charge is -2.11. The van der Waals surface area contributed by atoms with Crippen LogP contribution in [0.1, 0.15) is 16.8 Å². The molecule has 0 aliphatic carbocycles. The van der Waals surface area contributed by atoms with Crippen molar-refractivity contribution in [1.82, 2.24) is 15.5 Å². The Morgan fingerprint density at radius 3 is 2.63 bits per heavy atom. The minimum Gasteiger partial charge on any atom is -0.491 e. The lowest BCUT2D eigenvalue weighted by Crippen LogP contribution is -2.32. The van der Waals surface area contributed by atoms with E-state index < -0.39 is 18.5 Å². The maximum Gasteiger partial charge on any atom is 0.312 e. The van der Waals surface area contributed by atoms with Crippen molar-refractivity contribution in [3.63, 3.8) is 0 Å². The lowest BCUT2D eigenvalue weighted by atomic mass is 10.1. The molecular formula is C22H23N3O5. The number of hydrogen-bond donors (Lipinski definition) is 2. The minimum atomic E-state index is -0.610. The summed E-state index contributed by atoms with van der Waals surface area (Å²) in [6, 6.07) is 12.7. The van der Waals surface area contributed by atoms with Gasteiger partial charge in [0.15, 0.2) is 6.61 Å². The minimum absolute atomic E-state index is 0.152. The van der Waals surface area contributed by atoms with Crippen molar-refractivity contribution in [2.45, 2.75) is 20.3 Å². The predicted octanol–water partition coefficient (Wildman–Crippen LogP) is 1.82. The first-order valence-corrected chi connectivity index (χ1v) is 9.52. The summed E-state index contributed by atoms with van der Waals surface area (Å²) < 4.78 is 10.6. The van der Waals surface area contributed by atoms with Gasteiger partial charge in [-0.3, -0.25) is 14.4 Å². The van der Waals surface area contributed by atoms with E-state index in [0.29, 0.717) is 23.1 Å². The second kappa shape index (κ2) is 9.69. The van der Waals surface area contributed by atoms with Gasteiger partial charge in [-0.15, -0.1) is 0 Å². The summed E-state index contributed by atoms with van der Waals surface area (Å²) in [5, 5.41) is 9.93. The van der Waals surface area contributed by atoms with Crippen molar-refractivity contribution in [1.29, 1.82) is 0 Å². The zero-order chi connectivity index (χ0) is 21.5. The number of rotatable bonds is 8. The molecule has 0 atom stereocenters. The van der Waals surface area contributed by atoms with Gasteiger partial charge in [-0.25, -0.2) is 5.10 Å². The molecule has 0 spiro atoms. The molecule has 8 heteroatoms. The Balaban J connectivity index is 1.42. The SMILES string of the molecule is Cc1ccc(OCCNC(=O)COC(=O)Cc2n[nH]c(=O)c3ccccc23)c(C)c1. The molecule has 0 fully saturated rings. The number of aromatic amines is 1. The summed E-state index contributed by atoms with van der Waals surface area (Å²) in [5.74, 6) is -0.268. The van der Waals surface area contributed by atoms with Crippen molar-refractivity contribution >= 4 is 22.6 Å². The first-order valence-electron chi connectivity index (χ1n) is 9.52. The van der Waals surface area contributed by atoms with Crippen LogP contribution in [0.25, 0.3) is 10.8 Å². The van der Waals surface area contributed by atoms with E-state index in [0.717, 1.165) is 16.9 Å². The van der Waals surface area contributed by atoms with Gasteiger partial charge < -0.3 is 14.8 Å². The van der Waals surface area contributed by atoms with E-state index in [2.05, 4.69) is 15.5 Å². The maximum absolute atomic E-state index is 12.1. The fourth-order valence-electron chi connectivity index (χ4n) is 3.00. The van der Waals surface area contributed by atoms with Crippen LogP contribution in [0.2, 0.25) is 0 Å². The molecule has 0 saturated heterocycles. The van der Waals surface area contributed by atoms with Gasteiger partial charge in [0.25, 0.3) is 11.5 Å². The fraction of sp³-hybridized carbons (Fsp3) is 0.273. The number of hydrogen-bond acceptors (Lipinski definition) is 6. The zero-order valence-electron chi connectivity index (χ0n) is 16.9. The molecule has 2 N–H and O–H groups in total. The number of carbonyl (C=O) groups excluding carboxylic acids is 2. The number of nitrogens with one attached hydrogen (secondary N) is 2. The summed E-state index contributed by atoms with van der Waals surface area (Å²) in [5.41, 5.74) is 2.24. The van der Waals surface area contributed by atoms with Gasteiger partial charge in [0.1, 0.15) is 12.4 Å². The smallest absolute Gasteiger partial charge is 0.312 e. The molecule has 0 bridgehead atoms. The Morgan fingerprint density at radius 1 is 1.10 bits per heavy atom. The third-order valence-electron chi connectivity index (χ3n) is 4.46. The van der Waals surface area contributed by atoms with E-state index in [1.165, 1.54) is 0 Å². The number of ether oxygens (including phenoxy) is 2. The second-order valence-corrected chi connectivity index (χ2v) is 6.85. The van der Waals surface area contributed by atoms with Crippen LogP contribution in [0, 0.1) is 13.8 Å². The monoisotopic (exact) mass is 409 g/mol. The van der Waals surface area contributed by atoms with Crippen LogP contribution in [-0.2, 0) is 20.7 Å². The van der Waals surface area contributed by atoms with Gasteiger partial charge in [-0.05, 0) is 31.5 Å². The molecule has 3 rings (SSSR count). The van der Waals surface area contributed by atoms with Crippen LogP contribution in [-0.4, -0.2) is 41.8 Å². The van der Waals surface area contributed by atoms with Crippen LogP contribution in [0.5, 0.6) is 5.75 Å². The van der Waals surface area contributed by atoms with Gasteiger partial charge >= 0.3 is 5.97 Å². The normalized spacial score (nSPS) is 10.6. The van der Waals surface area contributed by atoms with Crippen molar-refractivity contribution < 1.29 is 19.1 Å². The van der Waals surface area contributed by atoms with Crippen molar-refractivity contribution in [2.75, 3.05) is 19.8 Å². The molecule has 0 aliphatic rings. The highest BCUT2D eigenvalue weighted by Crippen LogP contribution is 2.18. The summed E-state index contributed by atoms with van der Waals surface area (Å²) in [7, 11) is 0. The molecule has 156 valence electrons. The molecule has 1 amide bonds. The second-order valence-electron chi connectivity index (χ2n) is 6.85. The molecule has 2 aromatic carbocycles. The van der Waals surface area contributed by atoms with Crippen LogP contribution >= 0.6 is 0 Å². The molecule has 0 saturated carbocycles. The average molecular weight is 409 g/mol. The van der Waals surface area contributed by atoms with Crippen molar-refractivity contribution in [2.24, 2.45) is 0 Å². The van der Waals surface area contributed by atoms with Gasteiger partial charge in [-0.2, -0.15) is 5.10 Å². The number of aromatic nitrogens is 2. The number of amides is 1. The average Bonchev–Trinajstić information content (AvgIpc) is 2.73. The van der Waals surface area contributed by atoms with Gasteiger partial charge in [-0.1, -0.05) is 35.9 Å². The van der Waals surface area contributed by atoms with E-state index in [-0.39, 0.29) is 18.5 Å². The molecule has 1 aromatic heterocycles. The summed E-state index contributed by atoms with van der Waals surface area (Å²) in [4.78, 5) is 35.7. The van der Waals surface area contributed by atoms with Crippen molar-refractivity contribution in [3.8, 4) is 5.75 Å². The van der Waals surface area contributed by atoms with Gasteiger partial charge in [0, 0.05) is 5.39 Å². The summed E-state index contributed by atoms with van der Waals surface area (Å²) >= 11 is 0. The van der Waals surface area contributed by atoms with Crippen molar-refractivity contribution in [3.05, 3.63) is 69.6 Å². The van der Waals surface area contributed by atoms with Crippen LogP contribution in [0.4, 0.5) is 0 Å². The van der Waals surface area contributed by atoms with Gasteiger partial charge in [0.2, 0.25) is 0 Å². The first-order chi connectivity index (χ1) is 14.4. The van der Waals surface area contributed by atoms with Crippen LogP contribution < -0.4 is 15.6 Å². The molecular weight excluding hydrogens is 386 g/mol. The summed E-state index contributed by atoms with van der Waals surface area (Å²) in [6.07, 6.45) is -0.152. The molecule has 0 unspecified atom stereocenters. The number of nitrogens with zero attached hydrogens (tertiary/aromatic N) is 1. The molecule has 1 heterocycles. The van der Waals surface area contributed by atoms with E-state index in [1.54, 1.807) is 24.3 Å². The van der Waals surface area contributed by atoms with Gasteiger partial charge in [0.05, 0.1) is 24.0 Å². The lowest BCUT2D eigenvalue weighted by molar-refractivity contribution is -0.147. The number of fused-ring (bicyclic) bond motifs is 1. The standard InChI is InChI=1S/C22H23N3O5/c1-14-7-8-19(15(2)11-14)29-10-9-23-20(26)13-30-21(27)12-18-16-5-3-4-6-17(16)22(28)25-24-18/h3-8,11H,9-10,12-13H2,1-2H3,(H,23,26)(H,25,28). The molecule has 8 nitrogen and oxygen atoms in total. The Labute approximate surface area is 173 Å². The Hall–Kier alpha value is -3.68. The highest BCUT2D eigenvalue weighted by molar-refractivity contribution is 5.87. The molecule has 0 radical (unpaired) electrons. The third-order valence-corrected chi connectivity index (χ3v) is 4.46. The number of aryl methyl sites for hydroxylation is 2. The number of carbonyl (C=O) groups is 2. The Bertz CT molecular complexity index is 1120. The first kappa shape index (κ1) is 21.0. The largest absolute Gasteiger partial charge is 0.491 e. The summed E-state index contributed by atoms with van der Waals surface area (Å²) in [6.45, 7) is 4.16. The van der Waals surface area contributed by atoms with Crippen LogP contribution in [0.15, 0.2) is 47.3 Å². The molecule has 0 aliphatic heterocycles. The predicted molar refractivity (Wildman–Crippen MR) is 111 cm³/mol. The Morgan fingerprint density at radius 2 is 1.87 bits per heavy atom. The number of benzene rings is 2. The van der Waals surface area contributed by atoms with E-state index >= 15 is 0 Å². The topological polar surface area (TPSA) is 110 Å². The number of esters is 1. The van der Waals surface area contributed by atoms with Crippen LogP contribution in [0.3, 0.4) is 0 Å². The fourth-order valence-corrected chi connectivity index (χ4v) is 3.00. The van der Waals surface area contributed by atoms with E-state index in [9.17, 15) is 14.4 Å². The highest BCUT2D eigenvalue weighted by Gasteiger charge is 2.13. The van der Waals surface area contributed by atoms with E-state index in [4.69, 9.17) is 9.47 Å². The van der Waals surface area contributed by atoms with E-state index in [1.807, 2.05) is 32.0 Å².